The van der Waals surface area contributed by atoms with Crippen LogP contribution in [0.2, 0.25) is 0 Å². The quantitative estimate of drug-likeness (QED) is 0.567. The Morgan fingerprint density at radius 3 is 2.83 bits per heavy atom. The first-order valence-electron chi connectivity index (χ1n) is 8.20. The minimum Gasteiger partial charge on any atom is -0.462 e. The van der Waals surface area contributed by atoms with Gasteiger partial charge in [-0.15, -0.1) is 0 Å². The minimum absolute atomic E-state index is 0.0524. The third kappa shape index (κ3) is 5.89. The molecule has 0 saturated carbocycles. The lowest BCUT2D eigenvalue weighted by molar-refractivity contribution is -0.150. The van der Waals surface area contributed by atoms with Crippen LogP contribution in [-0.2, 0) is 16.1 Å². The zero-order valence-electron chi connectivity index (χ0n) is 13.7. The fourth-order valence-corrected chi connectivity index (χ4v) is 3.34. The molecule has 4 nitrogen and oxygen atoms in total. The van der Waals surface area contributed by atoms with Gasteiger partial charge in [-0.2, -0.15) is 17.0 Å². The van der Waals surface area contributed by atoms with E-state index >= 15 is 0 Å². The maximum absolute atomic E-state index is 11.8. The van der Waals surface area contributed by atoms with Crippen LogP contribution in [0.25, 0.3) is 0 Å². The predicted molar refractivity (Wildman–Crippen MR) is 93.2 cm³/mol. The van der Waals surface area contributed by atoms with Crippen LogP contribution in [0.1, 0.15) is 37.3 Å². The predicted octanol–water partition coefficient (Wildman–Crippen LogP) is 3.21. The van der Waals surface area contributed by atoms with Gasteiger partial charge in [-0.3, -0.25) is 9.69 Å². The number of esters is 1. The van der Waals surface area contributed by atoms with Crippen molar-refractivity contribution in [3.8, 4) is 6.07 Å². The number of rotatable bonds is 7. The number of carbonyl (C=O) groups excluding carboxylic acids is 1. The van der Waals surface area contributed by atoms with Gasteiger partial charge in [-0.25, -0.2) is 0 Å². The fraction of sp³-hybridized carbons (Fsp3) is 0.556. The van der Waals surface area contributed by atoms with Crippen molar-refractivity contribution in [2.45, 2.75) is 38.8 Å². The minimum atomic E-state index is -0.0702. The molecule has 0 aliphatic carbocycles. The Labute approximate surface area is 142 Å². The second-order valence-corrected chi connectivity index (χ2v) is 7.08. The number of piperidine rings is 1. The fourth-order valence-electron chi connectivity index (χ4n) is 2.74. The van der Waals surface area contributed by atoms with Gasteiger partial charge >= 0.3 is 5.97 Å². The van der Waals surface area contributed by atoms with E-state index in [9.17, 15) is 4.79 Å². The van der Waals surface area contributed by atoms with E-state index in [4.69, 9.17) is 10.00 Å². The Bertz CT molecular complexity index is 548. The molecule has 2 rings (SSSR count). The summed E-state index contributed by atoms with van der Waals surface area (Å²) in [6, 6.07) is 9.98. The summed E-state index contributed by atoms with van der Waals surface area (Å²) in [6.07, 6.45) is 2.31. The topological polar surface area (TPSA) is 53.3 Å². The zero-order chi connectivity index (χ0) is 16.5. The molecular formula is C18H24N2O2S. The highest BCUT2D eigenvalue weighted by Crippen LogP contribution is 2.18. The van der Waals surface area contributed by atoms with Crippen molar-refractivity contribution in [2.75, 3.05) is 24.6 Å². The van der Waals surface area contributed by atoms with E-state index < -0.39 is 0 Å². The average molecular weight is 332 g/mol. The van der Waals surface area contributed by atoms with E-state index in [1.54, 1.807) is 11.8 Å². The highest BCUT2D eigenvalue weighted by atomic mass is 32.2. The molecule has 0 N–H and O–H groups in total. The number of nitriles is 1. The Kier molecular flexibility index (Phi) is 7.44. The molecule has 23 heavy (non-hydrogen) atoms. The summed E-state index contributed by atoms with van der Waals surface area (Å²) in [7, 11) is 0. The molecule has 0 spiro atoms. The number of hydrogen-bond acceptors (Lipinski definition) is 5. The van der Waals surface area contributed by atoms with E-state index in [1.165, 1.54) is 0 Å². The second kappa shape index (κ2) is 9.59. The Morgan fingerprint density at radius 1 is 1.39 bits per heavy atom. The van der Waals surface area contributed by atoms with Crippen LogP contribution in [-0.4, -0.2) is 41.6 Å². The summed E-state index contributed by atoms with van der Waals surface area (Å²) >= 11 is 1.77. The van der Waals surface area contributed by atoms with Crippen molar-refractivity contribution < 1.29 is 9.53 Å². The molecule has 0 aromatic heterocycles. The first-order chi connectivity index (χ1) is 11.2. The van der Waals surface area contributed by atoms with Gasteiger partial charge in [0.1, 0.15) is 6.10 Å². The number of carbonyl (C=O) groups is 1. The molecular weight excluding hydrogens is 308 g/mol. The van der Waals surface area contributed by atoms with Crippen LogP contribution >= 0.6 is 11.8 Å². The standard InChI is InChI=1S/C18H24N2O2S/c1-2-23-12-9-18(21)22-17-7-10-20(11-8-17)14-16-6-4-3-5-15(16)13-19/h3-6,17H,2,7-12,14H2,1H3. The molecule has 0 radical (unpaired) electrons. The number of benzene rings is 1. The molecule has 0 amide bonds. The third-order valence-electron chi connectivity index (χ3n) is 4.02. The highest BCUT2D eigenvalue weighted by molar-refractivity contribution is 7.99. The Balaban J connectivity index is 1.74. The van der Waals surface area contributed by atoms with E-state index in [-0.39, 0.29) is 12.1 Å². The molecule has 1 aromatic carbocycles. The van der Waals surface area contributed by atoms with Gasteiger partial charge in [0.05, 0.1) is 18.1 Å². The van der Waals surface area contributed by atoms with Gasteiger partial charge in [0.25, 0.3) is 0 Å². The SMILES string of the molecule is CCSCCC(=O)OC1CCN(Cc2ccccc2C#N)CC1. The first kappa shape index (κ1) is 17.8. The smallest absolute Gasteiger partial charge is 0.306 e. The second-order valence-electron chi connectivity index (χ2n) is 5.68. The lowest BCUT2D eigenvalue weighted by Gasteiger charge is -2.31. The van der Waals surface area contributed by atoms with Crippen molar-refractivity contribution in [2.24, 2.45) is 0 Å². The molecule has 1 saturated heterocycles. The summed E-state index contributed by atoms with van der Waals surface area (Å²) in [6.45, 7) is 4.69. The summed E-state index contributed by atoms with van der Waals surface area (Å²) in [5, 5.41) is 9.15. The average Bonchev–Trinajstić information content (AvgIpc) is 2.57. The van der Waals surface area contributed by atoms with Crippen LogP contribution in [0.4, 0.5) is 0 Å². The van der Waals surface area contributed by atoms with Crippen molar-refractivity contribution in [1.82, 2.24) is 4.90 Å². The van der Waals surface area contributed by atoms with Gasteiger partial charge < -0.3 is 4.74 Å². The van der Waals surface area contributed by atoms with Crippen LogP contribution in [0.3, 0.4) is 0 Å². The molecule has 124 valence electrons. The molecule has 1 fully saturated rings. The largest absolute Gasteiger partial charge is 0.462 e. The van der Waals surface area contributed by atoms with Crippen LogP contribution in [0, 0.1) is 11.3 Å². The molecule has 1 aliphatic heterocycles. The molecule has 0 atom stereocenters. The molecule has 0 unspecified atom stereocenters. The number of nitrogens with zero attached hydrogens (tertiary/aromatic N) is 2. The zero-order valence-corrected chi connectivity index (χ0v) is 14.5. The third-order valence-corrected chi connectivity index (χ3v) is 4.92. The van der Waals surface area contributed by atoms with E-state index in [2.05, 4.69) is 17.9 Å². The molecule has 1 aromatic rings. The van der Waals surface area contributed by atoms with E-state index in [0.717, 1.165) is 55.1 Å². The molecule has 1 heterocycles. The van der Waals surface area contributed by atoms with E-state index in [1.807, 2.05) is 24.3 Å². The van der Waals surface area contributed by atoms with Crippen molar-refractivity contribution in [1.29, 1.82) is 5.26 Å². The Morgan fingerprint density at radius 2 is 2.13 bits per heavy atom. The van der Waals surface area contributed by atoms with Crippen molar-refractivity contribution >= 4 is 17.7 Å². The van der Waals surface area contributed by atoms with Gasteiger partial charge in [-0.1, -0.05) is 25.1 Å². The van der Waals surface area contributed by atoms with Crippen LogP contribution < -0.4 is 0 Å². The van der Waals surface area contributed by atoms with Gasteiger partial charge in [0.2, 0.25) is 0 Å². The highest BCUT2D eigenvalue weighted by Gasteiger charge is 2.22. The van der Waals surface area contributed by atoms with Crippen molar-refractivity contribution in [3.63, 3.8) is 0 Å². The number of thioether (sulfide) groups is 1. The van der Waals surface area contributed by atoms with Crippen LogP contribution in [0.5, 0.6) is 0 Å². The monoisotopic (exact) mass is 332 g/mol. The number of ether oxygens (including phenoxy) is 1. The number of hydrogen-bond donors (Lipinski definition) is 0. The lowest BCUT2D eigenvalue weighted by Crippen LogP contribution is -2.37. The molecule has 1 aliphatic rings. The normalized spacial score (nSPS) is 16.0. The summed E-state index contributed by atoms with van der Waals surface area (Å²) in [5.74, 6) is 1.81. The maximum atomic E-state index is 11.8. The number of likely N-dealkylation sites (tertiary alicyclic amines) is 1. The summed E-state index contributed by atoms with van der Waals surface area (Å²) < 4.78 is 5.55. The maximum Gasteiger partial charge on any atom is 0.306 e. The summed E-state index contributed by atoms with van der Waals surface area (Å²) in [4.78, 5) is 14.1. The summed E-state index contributed by atoms with van der Waals surface area (Å²) in [5.41, 5.74) is 1.82. The van der Waals surface area contributed by atoms with E-state index in [0.29, 0.717) is 6.42 Å². The van der Waals surface area contributed by atoms with Gasteiger partial charge in [0, 0.05) is 25.4 Å². The first-order valence-corrected chi connectivity index (χ1v) is 9.36. The van der Waals surface area contributed by atoms with Gasteiger partial charge in [0.15, 0.2) is 0 Å². The molecule has 5 heteroatoms. The van der Waals surface area contributed by atoms with Crippen LogP contribution in [0.15, 0.2) is 24.3 Å². The molecule has 0 bridgehead atoms. The Hall–Kier alpha value is -1.51. The lowest BCUT2D eigenvalue weighted by atomic mass is 10.0. The van der Waals surface area contributed by atoms with Crippen molar-refractivity contribution in [3.05, 3.63) is 35.4 Å². The van der Waals surface area contributed by atoms with Gasteiger partial charge in [-0.05, 0) is 30.2 Å².